The molecule has 0 spiro atoms. The van der Waals surface area contributed by atoms with Crippen molar-refractivity contribution < 1.29 is 14.7 Å². The summed E-state index contributed by atoms with van der Waals surface area (Å²) in [7, 11) is 2.41. The largest absolute Gasteiger partial charge is 0.480 e. The van der Waals surface area contributed by atoms with Crippen LogP contribution in [-0.4, -0.2) is 33.6 Å². The second kappa shape index (κ2) is 2.51. The van der Waals surface area contributed by atoms with Crippen LogP contribution in [0.4, 0.5) is 0 Å². The number of hydrogen-bond acceptors (Lipinski definition) is 3. The Labute approximate surface area is 72.2 Å². The Kier molecular flexibility index (Phi) is 1.70. The van der Waals surface area contributed by atoms with Crippen molar-refractivity contribution in [3.05, 3.63) is 0 Å². The van der Waals surface area contributed by atoms with E-state index in [4.69, 9.17) is 5.11 Å². The van der Waals surface area contributed by atoms with Crippen molar-refractivity contribution >= 4 is 21.1 Å². The second-order valence-electron chi connectivity index (χ2n) is 3.40. The van der Waals surface area contributed by atoms with Crippen molar-refractivity contribution in [1.82, 2.24) is 4.67 Å². The number of carboxylic acid groups (broad SMARTS) is 1. The number of Topliss-reactive ketones (excluding diaryl/α,β-unsaturated/α-hetero) is 1. The zero-order valence-electron chi connectivity index (χ0n) is 6.43. The van der Waals surface area contributed by atoms with E-state index in [2.05, 4.69) is 9.39 Å². The molecule has 2 fully saturated rings. The highest BCUT2D eigenvalue weighted by Crippen LogP contribution is 2.42. The average Bonchev–Trinajstić information content (AvgIpc) is 2.44. The van der Waals surface area contributed by atoms with Crippen molar-refractivity contribution in [3.63, 3.8) is 0 Å². The molecule has 0 aromatic rings. The zero-order chi connectivity index (χ0) is 8.88. The molecule has 66 valence electrons. The number of rotatable bonds is 1. The Morgan fingerprint density at radius 2 is 2.33 bits per heavy atom. The van der Waals surface area contributed by atoms with Crippen LogP contribution in [0.5, 0.6) is 0 Å². The number of carbonyl (C=O) groups is 2. The lowest BCUT2D eigenvalue weighted by Gasteiger charge is -2.27. The number of fused-ring (bicyclic) bond motifs is 2. The number of hydrogen-bond donors (Lipinski definition) is 1. The van der Waals surface area contributed by atoms with Crippen LogP contribution in [0.2, 0.25) is 0 Å². The lowest BCUT2D eigenvalue weighted by atomic mass is 9.99. The molecule has 1 aliphatic carbocycles. The molecule has 2 rings (SSSR count). The zero-order valence-corrected chi connectivity index (χ0v) is 7.59. The average molecular weight is 187 g/mol. The molecule has 2 aliphatic rings. The minimum Gasteiger partial charge on any atom is -0.480 e. The van der Waals surface area contributed by atoms with Crippen LogP contribution in [0.15, 0.2) is 0 Å². The van der Waals surface area contributed by atoms with Crippen LogP contribution in [0, 0.1) is 5.92 Å². The molecule has 1 saturated carbocycles. The van der Waals surface area contributed by atoms with Gasteiger partial charge >= 0.3 is 5.97 Å². The number of carbonyl (C=O) groups excluding carboxylic acids is 1. The predicted molar refractivity (Wildman–Crippen MR) is 44.5 cm³/mol. The quantitative estimate of drug-likeness (QED) is 0.582. The number of carboxylic acids is 1. The molecule has 0 radical (unpaired) electrons. The summed E-state index contributed by atoms with van der Waals surface area (Å²) in [5.74, 6) is -1.03. The third-order valence-corrected chi connectivity index (χ3v) is 3.50. The van der Waals surface area contributed by atoms with Crippen LogP contribution in [0.25, 0.3) is 0 Å². The van der Waals surface area contributed by atoms with Crippen molar-refractivity contribution in [3.8, 4) is 0 Å². The van der Waals surface area contributed by atoms with E-state index in [9.17, 15) is 9.59 Å². The van der Waals surface area contributed by atoms with Gasteiger partial charge in [-0.1, -0.05) is 9.39 Å². The second-order valence-corrected chi connectivity index (χ2v) is 3.99. The Balaban J connectivity index is 2.26. The number of piperidine rings is 1. The van der Waals surface area contributed by atoms with E-state index < -0.39 is 12.0 Å². The fourth-order valence-corrected chi connectivity index (χ4v) is 2.72. The van der Waals surface area contributed by atoms with Gasteiger partial charge in [0.1, 0.15) is 11.8 Å². The summed E-state index contributed by atoms with van der Waals surface area (Å²) in [4.78, 5) is 21.9. The molecule has 2 unspecified atom stereocenters. The smallest absolute Gasteiger partial charge is 0.321 e. The molecule has 0 aromatic heterocycles. The van der Waals surface area contributed by atoms with E-state index in [1.165, 1.54) is 0 Å². The maximum atomic E-state index is 11.2. The van der Waals surface area contributed by atoms with E-state index >= 15 is 0 Å². The number of aliphatic carboxylic acids is 1. The highest BCUT2D eigenvalue weighted by atomic mass is 31.0. The standard InChI is InChI=1S/C7H10NO3P/c9-5-2-3-1-4(5)6(7(10)11)8(3)12/h3-4,6H,1-2,12H2,(H,10,11)/t3-,4+,6?/m0/s1. The molecular weight excluding hydrogens is 177 g/mol. The highest BCUT2D eigenvalue weighted by Gasteiger charge is 2.52. The Hall–Kier alpha value is -0.470. The van der Waals surface area contributed by atoms with Crippen LogP contribution in [-0.2, 0) is 9.59 Å². The Bertz CT molecular complexity index is 255. The summed E-state index contributed by atoms with van der Waals surface area (Å²) >= 11 is 0. The fraction of sp³-hybridized carbons (Fsp3) is 0.714. The van der Waals surface area contributed by atoms with E-state index in [1.807, 2.05) is 0 Å². The van der Waals surface area contributed by atoms with Gasteiger partial charge in [0.05, 0.1) is 0 Å². The van der Waals surface area contributed by atoms with Gasteiger partial charge in [0.2, 0.25) is 0 Å². The third kappa shape index (κ3) is 0.915. The summed E-state index contributed by atoms with van der Waals surface area (Å²) in [6.07, 6.45) is 1.25. The van der Waals surface area contributed by atoms with Crippen LogP contribution >= 0.6 is 9.39 Å². The van der Waals surface area contributed by atoms with Crippen molar-refractivity contribution in [2.75, 3.05) is 0 Å². The van der Waals surface area contributed by atoms with Gasteiger partial charge in [0, 0.05) is 18.4 Å². The normalized spacial score (nSPS) is 40.8. The topological polar surface area (TPSA) is 57.6 Å². The van der Waals surface area contributed by atoms with Crippen LogP contribution < -0.4 is 0 Å². The molecule has 4 atom stereocenters. The molecule has 1 N–H and O–H groups in total. The first-order valence-electron chi connectivity index (χ1n) is 3.90. The van der Waals surface area contributed by atoms with Crippen molar-refractivity contribution in [1.29, 1.82) is 0 Å². The van der Waals surface area contributed by atoms with E-state index in [0.717, 1.165) is 6.42 Å². The van der Waals surface area contributed by atoms with Gasteiger partial charge in [-0.05, 0) is 6.42 Å². The van der Waals surface area contributed by atoms with Gasteiger partial charge in [-0.25, -0.2) is 0 Å². The Morgan fingerprint density at radius 1 is 1.67 bits per heavy atom. The maximum absolute atomic E-state index is 11.2. The van der Waals surface area contributed by atoms with Gasteiger partial charge in [-0.2, -0.15) is 0 Å². The molecule has 12 heavy (non-hydrogen) atoms. The number of ketones is 1. The van der Waals surface area contributed by atoms with Gasteiger partial charge in [-0.3, -0.25) is 14.3 Å². The first-order chi connectivity index (χ1) is 5.61. The maximum Gasteiger partial charge on any atom is 0.321 e. The Morgan fingerprint density at radius 3 is 2.75 bits per heavy atom. The SMILES string of the molecule is O=C(O)C1[C@@H]2C[C@@H](CC2=O)N1P. The van der Waals surface area contributed by atoms with E-state index in [-0.39, 0.29) is 17.7 Å². The summed E-state index contributed by atoms with van der Waals surface area (Å²) in [6.45, 7) is 0. The summed E-state index contributed by atoms with van der Waals surface area (Å²) in [6, 6.07) is -0.449. The molecule has 1 heterocycles. The third-order valence-electron chi connectivity index (χ3n) is 2.75. The number of nitrogens with zero attached hydrogens (tertiary/aromatic N) is 1. The monoisotopic (exact) mass is 187 g/mol. The molecule has 4 nitrogen and oxygen atoms in total. The molecule has 0 aromatic carbocycles. The summed E-state index contributed by atoms with van der Waals surface area (Å²) in [5, 5.41) is 8.82. The van der Waals surface area contributed by atoms with Gasteiger partial charge in [0.15, 0.2) is 0 Å². The van der Waals surface area contributed by atoms with E-state index in [0.29, 0.717) is 6.42 Å². The molecule has 1 aliphatic heterocycles. The van der Waals surface area contributed by atoms with E-state index in [1.54, 1.807) is 4.67 Å². The molecule has 1 saturated heterocycles. The van der Waals surface area contributed by atoms with Gasteiger partial charge < -0.3 is 5.11 Å². The lowest BCUT2D eigenvalue weighted by molar-refractivity contribution is -0.145. The predicted octanol–water partition coefficient (Wildman–Crippen LogP) is -0.107. The van der Waals surface area contributed by atoms with Crippen LogP contribution in [0.1, 0.15) is 12.8 Å². The van der Waals surface area contributed by atoms with Crippen LogP contribution in [0.3, 0.4) is 0 Å². The van der Waals surface area contributed by atoms with Gasteiger partial charge in [-0.15, -0.1) is 0 Å². The lowest BCUT2D eigenvalue weighted by Crippen LogP contribution is -2.43. The molecule has 5 heteroatoms. The minimum atomic E-state index is -0.884. The molecule has 2 bridgehead atoms. The molecule has 0 amide bonds. The minimum absolute atomic E-state index is 0.117. The first kappa shape index (κ1) is 8.14. The molecular formula is C7H10NO3P. The van der Waals surface area contributed by atoms with Crippen molar-refractivity contribution in [2.45, 2.75) is 24.9 Å². The highest BCUT2D eigenvalue weighted by molar-refractivity contribution is 7.13. The van der Waals surface area contributed by atoms with Gasteiger partial charge in [0.25, 0.3) is 0 Å². The first-order valence-corrected chi connectivity index (χ1v) is 4.41. The fourth-order valence-electron chi connectivity index (χ4n) is 2.16. The summed E-state index contributed by atoms with van der Waals surface area (Å²) in [5.41, 5.74) is 0. The summed E-state index contributed by atoms with van der Waals surface area (Å²) < 4.78 is 1.73. The van der Waals surface area contributed by atoms with Crippen molar-refractivity contribution in [2.24, 2.45) is 5.92 Å².